The van der Waals surface area contributed by atoms with Crippen molar-refractivity contribution in [3.8, 4) is 23.3 Å². The monoisotopic (exact) mass is 871 g/mol. The first-order valence-electron chi connectivity index (χ1n) is 22.0. The SMILES string of the molecule is COc1cc2c(cc1OC(C)C)CN(c1ccc(N(C)CCC3CCN(CCCCC#Cc4ccn5c(N6CCC(=O)NC6=O)cnc5c4)CC3)cc1)C(=O)C2.Clc1ccccc1. The molecule has 2 fully saturated rings. The summed E-state index contributed by atoms with van der Waals surface area (Å²) in [7, 11) is 3.79. The van der Waals surface area contributed by atoms with Crippen LogP contribution in [0, 0.1) is 17.8 Å². The maximum absolute atomic E-state index is 13.2. The zero-order chi connectivity index (χ0) is 44.3. The number of anilines is 3. The Bertz CT molecular complexity index is 2420. The van der Waals surface area contributed by atoms with E-state index in [4.69, 9.17) is 21.1 Å². The van der Waals surface area contributed by atoms with Gasteiger partial charge in [0.05, 0.1) is 32.4 Å². The zero-order valence-corrected chi connectivity index (χ0v) is 37.6. The fourth-order valence-electron chi connectivity index (χ4n) is 8.26. The number of aromatic nitrogens is 2. The number of imidazole rings is 1. The van der Waals surface area contributed by atoms with Crippen molar-refractivity contribution < 1.29 is 23.9 Å². The van der Waals surface area contributed by atoms with Crippen LogP contribution in [0.5, 0.6) is 11.5 Å². The number of unbranched alkanes of at least 4 members (excludes halogenated alkanes) is 2. The normalized spacial score (nSPS) is 15.6. The van der Waals surface area contributed by atoms with Crippen LogP contribution in [0.15, 0.2) is 91.3 Å². The molecule has 3 aliphatic heterocycles. The Morgan fingerprint density at radius 2 is 1.68 bits per heavy atom. The van der Waals surface area contributed by atoms with Gasteiger partial charge in [-0.05, 0) is 143 Å². The summed E-state index contributed by atoms with van der Waals surface area (Å²) in [6.07, 6.45) is 10.9. The van der Waals surface area contributed by atoms with Crippen LogP contribution in [0.4, 0.5) is 22.0 Å². The summed E-state index contributed by atoms with van der Waals surface area (Å²) in [5.74, 6) is 9.17. The quantitative estimate of drug-likeness (QED) is 0.0924. The van der Waals surface area contributed by atoms with E-state index < -0.39 is 6.03 Å². The van der Waals surface area contributed by atoms with Gasteiger partial charge in [0.15, 0.2) is 11.5 Å². The molecule has 0 bridgehead atoms. The second-order valence-electron chi connectivity index (χ2n) is 16.7. The van der Waals surface area contributed by atoms with Crippen LogP contribution in [0.1, 0.15) is 75.5 Å². The Morgan fingerprint density at radius 1 is 0.921 bits per heavy atom. The van der Waals surface area contributed by atoms with Crippen LogP contribution in [0.25, 0.3) is 5.65 Å². The van der Waals surface area contributed by atoms with Gasteiger partial charge < -0.3 is 24.2 Å². The predicted octanol–water partition coefficient (Wildman–Crippen LogP) is 8.77. The number of ether oxygens (including phenoxy) is 2. The third kappa shape index (κ3) is 11.9. The zero-order valence-electron chi connectivity index (χ0n) is 36.8. The van der Waals surface area contributed by atoms with Crippen molar-refractivity contribution in [2.75, 3.05) is 61.6 Å². The molecule has 1 N–H and O–H groups in total. The smallest absolute Gasteiger partial charge is 0.329 e. The summed E-state index contributed by atoms with van der Waals surface area (Å²) >= 11 is 5.54. The van der Waals surface area contributed by atoms with Crippen LogP contribution < -0.4 is 29.5 Å². The number of imide groups is 1. The summed E-state index contributed by atoms with van der Waals surface area (Å²) in [4.78, 5) is 49.8. The lowest BCUT2D eigenvalue weighted by molar-refractivity contribution is -0.120. The Labute approximate surface area is 376 Å². The number of pyridine rings is 1. The minimum absolute atomic E-state index is 0.0277. The first-order valence-corrected chi connectivity index (χ1v) is 22.4. The van der Waals surface area contributed by atoms with Crippen LogP contribution >= 0.6 is 11.6 Å². The van der Waals surface area contributed by atoms with E-state index in [-0.39, 0.29) is 24.3 Å². The summed E-state index contributed by atoms with van der Waals surface area (Å²) in [6, 6.07) is 25.2. The molecule has 0 radical (unpaired) electrons. The largest absolute Gasteiger partial charge is 0.493 e. The highest BCUT2D eigenvalue weighted by atomic mass is 35.5. The molecule has 0 aliphatic carbocycles. The lowest BCUT2D eigenvalue weighted by Crippen LogP contribution is -2.50. The average molecular weight is 873 g/mol. The number of carbonyl (C=O) groups is 3. The van der Waals surface area contributed by atoms with Gasteiger partial charge in [0, 0.05) is 61.1 Å². The number of halogens is 1. The van der Waals surface area contributed by atoms with E-state index in [2.05, 4.69) is 63.3 Å². The molecule has 0 spiro atoms. The highest BCUT2D eigenvalue weighted by Crippen LogP contribution is 2.36. The molecule has 5 aromatic rings. The molecule has 2 aromatic heterocycles. The average Bonchev–Trinajstić information content (AvgIpc) is 3.70. The van der Waals surface area contributed by atoms with Crippen molar-refractivity contribution in [1.82, 2.24) is 19.6 Å². The number of benzene rings is 3. The summed E-state index contributed by atoms with van der Waals surface area (Å²) < 4.78 is 13.4. The van der Waals surface area contributed by atoms with Crippen LogP contribution in [0.3, 0.4) is 0 Å². The van der Waals surface area contributed by atoms with E-state index in [0.29, 0.717) is 42.5 Å². The van der Waals surface area contributed by atoms with Crippen LogP contribution in [-0.2, 0) is 22.6 Å². The van der Waals surface area contributed by atoms with Crippen molar-refractivity contribution in [3.05, 3.63) is 113 Å². The standard InChI is InChI=1S/C44H53N7O5.C6H5Cl/c1-31(2)56-39-27-35-30-51(43(53)28-34(35)26-38(39)55-4)37-12-10-36(11-13-37)47(3)20-14-32-15-21-48(22-16-32)19-8-6-5-7-9-33-17-23-49-40(25-33)45-29-42(49)50-24-18-41(52)46-44(50)54;7-6-4-2-1-3-5-6/h10-13,17,23,25-27,29,31-32H,5-6,8,14-16,18-22,24,28,30H2,1-4H3,(H,46,52,54);1-5H. The number of hydrogen-bond acceptors (Lipinski definition) is 8. The van der Waals surface area contributed by atoms with Gasteiger partial charge in [-0.1, -0.05) is 41.6 Å². The van der Waals surface area contributed by atoms with Gasteiger partial charge >= 0.3 is 6.03 Å². The summed E-state index contributed by atoms with van der Waals surface area (Å²) in [5, 5.41) is 3.15. The van der Waals surface area contributed by atoms with E-state index in [1.807, 2.05) is 83.9 Å². The molecule has 3 aromatic carbocycles. The van der Waals surface area contributed by atoms with Crippen molar-refractivity contribution in [2.24, 2.45) is 5.92 Å². The van der Waals surface area contributed by atoms with Gasteiger partial charge in [0.25, 0.3) is 0 Å². The Balaban J connectivity index is 0.000000775. The number of nitrogens with one attached hydrogen (secondary N) is 1. The highest BCUT2D eigenvalue weighted by Gasteiger charge is 2.28. The van der Waals surface area contributed by atoms with Gasteiger partial charge in [-0.25, -0.2) is 9.78 Å². The van der Waals surface area contributed by atoms with Crippen molar-refractivity contribution in [1.29, 1.82) is 0 Å². The molecule has 0 saturated carbocycles. The van der Waals surface area contributed by atoms with E-state index >= 15 is 0 Å². The maximum atomic E-state index is 13.2. The number of urea groups is 1. The highest BCUT2D eigenvalue weighted by molar-refractivity contribution is 6.30. The van der Waals surface area contributed by atoms with Crippen LogP contribution in [0.2, 0.25) is 5.02 Å². The molecule has 12 nitrogen and oxygen atoms in total. The minimum Gasteiger partial charge on any atom is -0.493 e. The number of rotatable bonds is 13. The maximum Gasteiger partial charge on any atom is 0.329 e. The number of likely N-dealkylation sites (tertiary alicyclic amines) is 1. The van der Waals surface area contributed by atoms with Crippen LogP contribution in [-0.4, -0.2) is 85.1 Å². The molecular formula is C50H58ClN7O5. The molecule has 0 unspecified atom stereocenters. The molecule has 4 amide bonds. The van der Waals surface area contributed by atoms with Gasteiger partial charge in [-0.2, -0.15) is 0 Å². The molecule has 8 rings (SSSR count). The van der Waals surface area contributed by atoms with E-state index in [9.17, 15) is 14.4 Å². The second-order valence-corrected chi connectivity index (χ2v) is 17.1. The number of methoxy groups -OCH3 is 1. The molecule has 330 valence electrons. The number of piperidine rings is 1. The number of fused-ring (bicyclic) bond motifs is 2. The third-order valence-corrected chi connectivity index (χ3v) is 12.1. The lowest BCUT2D eigenvalue weighted by Gasteiger charge is -2.33. The van der Waals surface area contributed by atoms with Crippen molar-refractivity contribution in [2.45, 2.75) is 77.9 Å². The van der Waals surface area contributed by atoms with Crippen molar-refractivity contribution in [3.63, 3.8) is 0 Å². The van der Waals surface area contributed by atoms with Gasteiger partial charge in [0.2, 0.25) is 11.8 Å². The Hall–Kier alpha value is -6.03. The molecule has 2 saturated heterocycles. The predicted molar refractivity (Wildman–Crippen MR) is 250 cm³/mol. The minimum atomic E-state index is -0.421. The second kappa shape index (κ2) is 21.4. The Kier molecular flexibility index (Phi) is 15.3. The molecule has 13 heteroatoms. The number of hydrogen-bond donors (Lipinski definition) is 1. The van der Waals surface area contributed by atoms with E-state index in [0.717, 1.165) is 84.4 Å². The van der Waals surface area contributed by atoms with E-state index in [1.54, 1.807) is 13.3 Å². The van der Waals surface area contributed by atoms with Crippen molar-refractivity contribution >= 4 is 52.3 Å². The third-order valence-electron chi connectivity index (χ3n) is 11.8. The lowest BCUT2D eigenvalue weighted by atomic mass is 9.93. The molecule has 3 aliphatic rings. The van der Waals surface area contributed by atoms with Gasteiger partial charge in [-0.15, -0.1) is 0 Å². The first-order chi connectivity index (χ1) is 30.5. The number of nitrogens with zero attached hydrogens (tertiary/aromatic N) is 6. The van der Waals surface area contributed by atoms with Gasteiger partial charge in [-0.3, -0.25) is 24.2 Å². The first kappa shape index (κ1) is 45.0. The molecule has 0 atom stereocenters. The van der Waals surface area contributed by atoms with Gasteiger partial charge in [0.1, 0.15) is 11.5 Å². The fraction of sp³-hybridized carbons (Fsp3) is 0.400. The fourth-order valence-corrected chi connectivity index (χ4v) is 8.41. The Morgan fingerprint density at radius 3 is 2.38 bits per heavy atom. The molecule has 63 heavy (non-hydrogen) atoms. The number of carbonyl (C=O) groups excluding carboxylic acids is 3. The summed E-state index contributed by atoms with van der Waals surface area (Å²) in [5.41, 5.74) is 5.77. The molecule has 5 heterocycles. The molecular weight excluding hydrogens is 814 g/mol. The topological polar surface area (TPSA) is 112 Å². The van der Waals surface area contributed by atoms with E-state index in [1.165, 1.54) is 24.2 Å². The number of amides is 4. The summed E-state index contributed by atoms with van der Waals surface area (Å²) in [6.45, 7) is 9.27.